The lowest BCUT2D eigenvalue weighted by Crippen LogP contribution is -2.00. The molecule has 144 valence electrons. The van der Waals surface area contributed by atoms with Crippen LogP contribution in [-0.4, -0.2) is 10.2 Å². The van der Waals surface area contributed by atoms with Crippen molar-refractivity contribution >= 4 is 0 Å². The molecule has 4 aromatic carbocycles. The molecule has 4 aromatic rings. The zero-order valence-corrected chi connectivity index (χ0v) is 16.7. The lowest BCUT2D eigenvalue weighted by atomic mass is 9.86. The van der Waals surface area contributed by atoms with Gasteiger partial charge in [-0.25, -0.2) is 0 Å². The van der Waals surface area contributed by atoms with E-state index in [1.807, 2.05) is 24.3 Å². The summed E-state index contributed by atoms with van der Waals surface area (Å²) in [6.45, 7) is 4.30. The number of phenolic OH excluding ortho intramolecular Hbond substituents is 2. The van der Waals surface area contributed by atoms with E-state index in [4.69, 9.17) is 0 Å². The molecule has 0 atom stereocenters. The highest BCUT2D eigenvalue weighted by atomic mass is 16.3. The molecule has 0 aliphatic heterocycles. The predicted molar refractivity (Wildman–Crippen MR) is 119 cm³/mol. The molecule has 0 aliphatic carbocycles. The van der Waals surface area contributed by atoms with Crippen LogP contribution in [0.5, 0.6) is 11.5 Å². The molecule has 0 aromatic heterocycles. The molecular formula is C27H24O2. The van der Waals surface area contributed by atoms with Crippen LogP contribution in [-0.2, 0) is 6.42 Å². The number of phenols is 2. The Bertz CT molecular complexity index is 1050. The zero-order valence-electron chi connectivity index (χ0n) is 16.7. The molecule has 0 spiro atoms. The fourth-order valence-electron chi connectivity index (χ4n) is 3.87. The van der Waals surface area contributed by atoms with E-state index < -0.39 is 0 Å². The first-order valence-electron chi connectivity index (χ1n) is 9.79. The highest BCUT2D eigenvalue weighted by Gasteiger charge is 2.14. The van der Waals surface area contributed by atoms with Crippen molar-refractivity contribution in [3.8, 4) is 33.8 Å². The molecule has 0 saturated carbocycles. The first-order chi connectivity index (χ1) is 14.0. The Morgan fingerprint density at radius 3 is 1.28 bits per heavy atom. The normalized spacial score (nSPS) is 10.8. The Labute approximate surface area is 171 Å². The van der Waals surface area contributed by atoms with Crippen LogP contribution in [0.2, 0.25) is 0 Å². The van der Waals surface area contributed by atoms with Crippen LogP contribution in [0, 0.1) is 13.8 Å². The Hall–Kier alpha value is -3.52. The molecule has 0 unspecified atom stereocenters. The molecule has 0 amide bonds. The van der Waals surface area contributed by atoms with Gasteiger partial charge in [0.1, 0.15) is 11.5 Å². The number of hydrogen-bond donors (Lipinski definition) is 2. The summed E-state index contributed by atoms with van der Waals surface area (Å²) in [7, 11) is 0. The summed E-state index contributed by atoms with van der Waals surface area (Å²) in [5.41, 5.74) is 9.63. The molecule has 2 nitrogen and oxygen atoms in total. The SMILES string of the molecule is Cc1cccc(-c2ccc(O)cc2)c1Cc1c(C)cccc1-c1ccc(O)cc1. The number of benzene rings is 4. The molecule has 2 N–H and O–H groups in total. The van der Waals surface area contributed by atoms with Gasteiger partial charge in [-0.3, -0.25) is 0 Å². The third kappa shape index (κ3) is 3.88. The number of aromatic hydroxyl groups is 2. The van der Waals surface area contributed by atoms with Crippen molar-refractivity contribution < 1.29 is 10.2 Å². The Balaban J connectivity index is 1.83. The van der Waals surface area contributed by atoms with Crippen LogP contribution in [0.1, 0.15) is 22.3 Å². The van der Waals surface area contributed by atoms with Gasteiger partial charge in [0.15, 0.2) is 0 Å². The van der Waals surface area contributed by atoms with Crippen LogP contribution in [0.3, 0.4) is 0 Å². The molecular weight excluding hydrogens is 356 g/mol. The van der Waals surface area contributed by atoms with E-state index in [-0.39, 0.29) is 11.5 Å². The first kappa shape index (κ1) is 18.8. The fraction of sp³-hybridized carbons (Fsp3) is 0.111. The third-order valence-electron chi connectivity index (χ3n) is 5.53. The van der Waals surface area contributed by atoms with E-state index in [2.05, 4.69) is 50.2 Å². The van der Waals surface area contributed by atoms with Gasteiger partial charge >= 0.3 is 0 Å². The fourth-order valence-corrected chi connectivity index (χ4v) is 3.87. The summed E-state index contributed by atoms with van der Waals surface area (Å²) < 4.78 is 0. The Morgan fingerprint density at radius 1 is 0.517 bits per heavy atom. The van der Waals surface area contributed by atoms with E-state index in [9.17, 15) is 10.2 Å². The second kappa shape index (κ2) is 7.84. The smallest absolute Gasteiger partial charge is 0.115 e. The summed E-state index contributed by atoms with van der Waals surface area (Å²) in [5, 5.41) is 19.3. The van der Waals surface area contributed by atoms with Gasteiger partial charge in [-0.1, -0.05) is 60.7 Å². The van der Waals surface area contributed by atoms with Crippen LogP contribution >= 0.6 is 0 Å². The molecule has 2 heteroatoms. The number of rotatable bonds is 4. The molecule has 0 radical (unpaired) electrons. The predicted octanol–water partition coefficient (Wildman–Crippen LogP) is 6.64. The molecule has 4 rings (SSSR count). The third-order valence-corrected chi connectivity index (χ3v) is 5.53. The minimum absolute atomic E-state index is 0.275. The van der Waals surface area contributed by atoms with Gasteiger partial charge in [0, 0.05) is 0 Å². The molecule has 0 saturated heterocycles. The standard InChI is InChI=1S/C27H24O2/c1-18-5-3-7-24(20-9-13-22(28)14-10-20)26(18)17-27-19(2)6-4-8-25(27)21-11-15-23(29)16-12-21/h3-16,28-29H,17H2,1-2H3. The number of hydrogen-bond acceptors (Lipinski definition) is 2. The van der Waals surface area contributed by atoms with Crippen molar-refractivity contribution in [1.82, 2.24) is 0 Å². The van der Waals surface area contributed by atoms with E-state index in [0.717, 1.165) is 17.5 Å². The first-order valence-corrected chi connectivity index (χ1v) is 9.79. The summed E-state index contributed by atoms with van der Waals surface area (Å²) >= 11 is 0. The lowest BCUT2D eigenvalue weighted by Gasteiger charge is -2.18. The van der Waals surface area contributed by atoms with Gasteiger partial charge in [-0.2, -0.15) is 0 Å². The van der Waals surface area contributed by atoms with Crippen molar-refractivity contribution in [2.45, 2.75) is 20.3 Å². The highest BCUT2D eigenvalue weighted by Crippen LogP contribution is 2.34. The van der Waals surface area contributed by atoms with Crippen LogP contribution in [0.15, 0.2) is 84.9 Å². The second-order valence-electron chi connectivity index (χ2n) is 7.47. The van der Waals surface area contributed by atoms with Gasteiger partial charge < -0.3 is 10.2 Å². The molecule has 0 bridgehead atoms. The van der Waals surface area contributed by atoms with Gasteiger partial charge in [-0.15, -0.1) is 0 Å². The van der Waals surface area contributed by atoms with Gasteiger partial charge in [0.25, 0.3) is 0 Å². The van der Waals surface area contributed by atoms with Crippen molar-refractivity contribution in [2.75, 3.05) is 0 Å². The Kier molecular flexibility index (Phi) is 5.09. The van der Waals surface area contributed by atoms with Crippen molar-refractivity contribution in [3.05, 3.63) is 107 Å². The maximum Gasteiger partial charge on any atom is 0.115 e. The maximum atomic E-state index is 9.66. The molecule has 0 aliphatic rings. The van der Waals surface area contributed by atoms with Gasteiger partial charge in [0.2, 0.25) is 0 Å². The average Bonchev–Trinajstić information content (AvgIpc) is 2.72. The second-order valence-corrected chi connectivity index (χ2v) is 7.47. The minimum Gasteiger partial charge on any atom is -0.508 e. The largest absolute Gasteiger partial charge is 0.508 e. The van der Waals surface area contributed by atoms with Crippen molar-refractivity contribution in [3.63, 3.8) is 0 Å². The van der Waals surface area contributed by atoms with E-state index in [1.165, 1.54) is 33.4 Å². The summed E-state index contributed by atoms with van der Waals surface area (Å²) in [6, 6.07) is 27.6. The monoisotopic (exact) mass is 380 g/mol. The van der Waals surface area contributed by atoms with Crippen LogP contribution in [0.25, 0.3) is 22.3 Å². The van der Waals surface area contributed by atoms with Crippen molar-refractivity contribution in [1.29, 1.82) is 0 Å². The van der Waals surface area contributed by atoms with Crippen LogP contribution < -0.4 is 0 Å². The lowest BCUT2D eigenvalue weighted by molar-refractivity contribution is 0.475. The number of aryl methyl sites for hydroxylation is 2. The minimum atomic E-state index is 0.275. The van der Waals surface area contributed by atoms with E-state index >= 15 is 0 Å². The van der Waals surface area contributed by atoms with Gasteiger partial charge in [-0.05, 0) is 89.0 Å². The van der Waals surface area contributed by atoms with Crippen LogP contribution in [0.4, 0.5) is 0 Å². The van der Waals surface area contributed by atoms with E-state index in [1.54, 1.807) is 24.3 Å². The van der Waals surface area contributed by atoms with E-state index in [0.29, 0.717) is 0 Å². The summed E-state index contributed by atoms with van der Waals surface area (Å²) in [6.07, 6.45) is 0.811. The molecule has 0 heterocycles. The highest BCUT2D eigenvalue weighted by molar-refractivity contribution is 5.73. The Morgan fingerprint density at radius 2 is 0.897 bits per heavy atom. The molecule has 0 fully saturated rings. The average molecular weight is 380 g/mol. The summed E-state index contributed by atoms with van der Waals surface area (Å²) in [5.74, 6) is 0.549. The maximum absolute atomic E-state index is 9.66. The summed E-state index contributed by atoms with van der Waals surface area (Å²) in [4.78, 5) is 0. The topological polar surface area (TPSA) is 40.5 Å². The van der Waals surface area contributed by atoms with Gasteiger partial charge in [0.05, 0.1) is 0 Å². The van der Waals surface area contributed by atoms with Crippen molar-refractivity contribution in [2.24, 2.45) is 0 Å². The molecule has 29 heavy (non-hydrogen) atoms. The zero-order chi connectivity index (χ0) is 20.4. The quantitative estimate of drug-likeness (QED) is 0.417.